The number of aliphatic hydroxyl groups excluding tert-OH is 1. The zero-order valence-electron chi connectivity index (χ0n) is 11.0. The molecule has 5 heteroatoms. The molecule has 3 nitrogen and oxygen atoms in total. The molecule has 1 N–H and O–H groups in total. The fourth-order valence-electron chi connectivity index (χ4n) is 1.83. The molecule has 2 rings (SSSR count). The van der Waals surface area contributed by atoms with Gasteiger partial charge in [-0.3, -0.25) is 4.79 Å². The molecule has 0 aromatic heterocycles. The average molecular weight is 311 g/mol. The number of fused-ring (bicyclic) bond motifs is 1. The van der Waals surface area contributed by atoms with E-state index in [-0.39, 0.29) is 6.61 Å². The maximum Gasteiger partial charge on any atom is 0.321 e. The van der Waals surface area contributed by atoms with Crippen LogP contribution in [0.2, 0.25) is 5.02 Å². The highest BCUT2D eigenvalue weighted by molar-refractivity contribution is 8.00. The molecule has 20 heavy (non-hydrogen) atoms. The van der Waals surface area contributed by atoms with Crippen LogP contribution in [0, 0.1) is 0 Å². The van der Waals surface area contributed by atoms with Crippen molar-refractivity contribution in [1.82, 2.24) is 0 Å². The molecular weight excluding hydrogens is 296 g/mol. The van der Waals surface area contributed by atoms with E-state index in [9.17, 15) is 9.90 Å². The lowest BCUT2D eigenvalue weighted by Crippen LogP contribution is -2.23. The van der Waals surface area contributed by atoms with Gasteiger partial charge in [0.15, 0.2) is 0 Å². The molecule has 0 aliphatic heterocycles. The van der Waals surface area contributed by atoms with Crippen LogP contribution in [0.3, 0.4) is 0 Å². The molecule has 106 valence electrons. The second-order valence-corrected chi connectivity index (χ2v) is 5.91. The van der Waals surface area contributed by atoms with Crippen LogP contribution in [-0.2, 0) is 9.53 Å². The standard InChI is InChI=1S/C15H15ClO3S/c1-2-19-15(18)14(9-17)20-13-6-4-10-7-12(16)5-3-11(10)8-13/h3-8,14,17H,2,9H2,1H3. The number of ether oxygens (including phenoxy) is 1. The summed E-state index contributed by atoms with van der Waals surface area (Å²) in [6, 6.07) is 11.5. The summed E-state index contributed by atoms with van der Waals surface area (Å²) in [4.78, 5) is 12.6. The van der Waals surface area contributed by atoms with Gasteiger partial charge in [0.25, 0.3) is 0 Å². The second-order valence-electron chi connectivity index (χ2n) is 4.19. The van der Waals surface area contributed by atoms with Crippen molar-refractivity contribution in [3.63, 3.8) is 0 Å². The molecule has 0 saturated carbocycles. The Morgan fingerprint density at radius 3 is 2.70 bits per heavy atom. The van der Waals surface area contributed by atoms with E-state index < -0.39 is 11.2 Å². The molecule has 0 spiro atoms. The first-order valence-corrected chi connectivity index (χ1v) is 7.53. The number of rotatable bonds is 5. The van der Waals surface area contributed by atoms with Gasteiger partial charge in [-0.05, 0) is 42.0 Å². The normalized spacial score (nSPS) is 12.3. The van der Waals surface area contributed by atoms with Crippen molar-refractivity contribution in [2.75, 3.05) is 13.2 Å². The maximum atomic E-state index is 11.7. The Balaban J connectivity index is 2.20. The first kappa shape index (κ1) is 15.2. The number of hydrogen-bond donors (Lipinski definition) is 1. The Hall–Kier alpha value is -1.23. The van der Waals surface area contributed by atoms with Crippen LogP contribution in [0.4, 0.5) is 0 Å². The summed E-state index contributed by atoms with van der Waals surface area (Å²) in [5.74, 6) is -0.392. The summed E-state index contributed by atoms with van der Waals surface area (Å²) in [5.41, 5.74) is 0. The minimum Gasteiger partial charge on any atom is -0.465 e. The highest BCUT2D eigenvalue weighted by Gasteiger charge is 2.20. The largest absolute Gasteiger partial charge is 0.465 e. The molecule has 0 heterocycles. The summed E-state index contributed by atoms with van der Waals surface area (Å²) >= 11 is 7.24. The summed E-state index contributed by atoms with van der Waals surface area (Å²) in [5, 5.41) is 11.5. The van der Waals surface area contributed by atoms with E-state index >= 15 is 0 Å². The lowest BCUT2D eigenvalue weighted by atomic mass is 10.1. The van der Waals surface area contributed by atoms with Crippen LogP contribution in [0.1, 0.15) is 6.92 Å². The highest BCUT2D eigenvalue weighted by atomic mass is 35.5. The number of thioether (sulfide) groups is 1. The van der Waals surface area contributed by atoms with E-state index in [1.54, 1.807) is 6.92 Å². The fourth-order valence-corrected chi connectivity index (χ4v) is 2.92. The zero-order valence-corrected chi connectivity index (χ0v) is 12.6. The molecule has 1 atom stereocenters. The number of carbonyl (C=O) groups excluding carboxylic acids is 1. The summed E-state index contributed by atoms with van der Waals surface area (Å²) in [6.07, 6.45) is 0. The van der Waals surface area contributed by atoms with Crippen molar-refractivity contribution in [3.8, 4) is 0 Å². The third kappa shape index (κ3) is 3.66. The molecular formula is C15H15ClO3S. The van der Waals surface area contributed by atoms with Gasteiger partial charge < -0.3 is 9.84 Å². The van der Waals surface area contributed by atoms with Crippen molar-refractivity contribution in [2.24, 2.45) is 0 Å². The fraction of sp³-hybridized carbons (Fsp3) is 0.267. The van der Waals surface area contributed by atoms with Crippen LogP contribution in [0.25, 0.3) is 10.8 Å². The Bertz CT molecular complexity index is 615. The van der Waals surface area contributed by atoms with E-state index in [2.05, 4.69) is 0 Å². The van der Waals surface area contributed by atoms with Gasteiger partial charge in [-0.2, -0.15) is 0 Å². The highest BCUT2D eigenvalue weighted by Crippen LogP contribution is 2.28. The number of aliphatic hydroxyl groups is 1. The van der Waals surface area contributed by atoms with Crippen LogP contribution < -0.4 is 0 Å². The van der Waals surface area contributed by atoms with Crippen LogP contribution in [-0.4, -0.2) is 29.5 Å². The zero-order chi connectivity index (χ0) is 14.5. The van der Waals surface area contributed by atoms with Crippen molar-refractivity contribution >= 4 is 40.1 Å². The monoisotopic (exact) mass is 310 g/mol. The molecule has 1 unspecified atom stereocenters. The van der Waals surface area contributed by atoms with Crippen LogP contribution >= 0.6 is 23.4 Å². The van der Waals surface area contributed by atoms with Crippen LogP contribution in [0.15, 0.2) is 41.3 Å². The van der Waals surface area contributed by atoms with E-state index in [4.69, 9.17) is 16.3 Å². The summed E-state index contributed by atoms with van der Waals surface area (Å²) < 4.78 is 4.93. The van der Waals surface area contributed by atoms with Gasteiger partial charge >= 0.3 is 5.97 Å². The van der Waals surface area contributed by atoms with E-state index in [0.717, 1.165) is 15.7 Å². The van der Waals surface area contributed by atoms with Crippen molar-refractivity contribution in [2.45, 2.75) is 17.1 Å². The Kier molecular flexibility index (Phi) is 5.29. The molecule has 0 aliphatic carbocycles. The minimum absolute atomic E-state index is 0.248. The minimum atomic E-state index is -0.597. The van der Waals surface area contributed by atoms with Gasteiger partial charge in [-0.25, -0.2) is 0 Å². The third-order valence-corrected chi connectivity index (χ3v) is 4.15. The quantitative estimate of drug-likeness (QED) is 0.678. The number of carbonyl (C=O) groups is 1. The SMILES string of the molecule is CCOC(=O)C(CO)Sc1ccc2cc(Cl)ccc2c1. The number of benzene rings is 2. The number of esters is 1. The average Bonchev–Trinajstić information content (AvgIpc) is 2.45. The Labute approximate surface area is 126 Å². The molecule has 0 amide bonds. The smallest absolute Gasteiger partial charge is 0.321 e. The van der Waals surface area contributed by atoms with Gasteiger partial charge in [0.2, 0.25) is 0 Å². The van der Waals surface area contributed by atoms with Crippen molar-refractivity contribution in [3.05, 3.63) is 41.4 Å². The predicted octanol–water partition coefficient (Wildman–Crippen LogP) is 3.51. The number of hydrogen-bond acceptors (Lipinski definition) is 4. The molecule has 2 aromatic rings. The Morgan fingerprint density at radius 2 is 2.00 bits per heavy atom. The second kappa shape index (κ2) is 6.97. The van der Waals surface area contributed by atoms with Gasteiger partial charge in [-0.15, -0.1) is 11.8 Å². The molecule has 2 aromatic carbocycles. The predicted molar refractivity (Wildman–Crippen MR) is 82.3 cm³/mol. The van der Waals surface area contributed by atoms with Crippen molar-refractivity contribution in [1.29, 1.82) is 0 Å². The third-order valence-electron chi connectivity index (χ3n) is 2.77. The molecule has 0 radical (unpaired) electrons. The van der Waals surface area contributed by atoms with E-state index in [0.29, 0.717) is 11.6 Å². The summed E-state index contributed by atoms with van der Waals surface area (Å²) in [6.45, 7) is 1.81. The molecule has 0 fully saturated rings. The van der Waals surface area contributed by atoms with Gasteiger partial charge in [0.1, 0.15) is 5.25 Å². The molecule has 0 saturated heterocycles. The van der Waals surface area contributed by atoms with Gasteiger partial charge in [0.05, 0.1) is 13.2 Å². The Morgan fingerprint density at radius 1 is 1.30 bits per heavy atom. The lowest BCUT2D eigenvalue weighted by molar-refractivity contribution is -0.143. The van der Waals surface area contributed by atoms with Gasteiger partial charge in [-0.1, -0.05) is 23.7 Å². The van der Waals surface area contributed by atoms with Crippen molar-refractivity contribution < 1.29 is 14.6 Å². The first-order valence-electron chi connectivity index (χ1n) is 6.27. The number of halogens is 1. The first-order chi connectivity index (χ1) is 9.63. The molecule has 0 bridgehead atoms. The van der Waals surface area contributed by atoms with Gasteiger partial charge in [0, 0.05) is 9.92 Å². The maximum absolute atomic E-state index is 11.7. The van der Waals surface area contributed by atoms with Crippen LogP contribution in [0.5, 0.6) is 0 Å². The summed E-state index contributed by atoms with van der Waals surface area (Å²) in [7, 11) is 0. The van der Waals surface area contributed by atoms with E-state index in [1.165, 1.54) is 11.8 Å². The lowest BCUT2D eigenvalue weighted by Gasteiger charge is -2.12. The van der Waals surface area contributed by atoms with E-state index in [1.807, 2.05) is 36.4 Å². The molecule has 0 aliphatic rings. The topological polar surface area (TPSA) is 46.5 Å².